The number of nitrogens with zero attached hydrogens (tertiary/aromatic N) is 1. The van der Waals surface area contributed by atoms with E-state index in [0.717, 1.165) is 17.7 Å². The summed E-state index contributed by atoms with van der Waals surface area (Å²) in [5.74, 6) is 0.367. The number of hydrogen-bond donors (Lipinski definition) is 1. The maximum atomic E-state index is 12.2. The van der Waals surface area contributed by atoms with E-state index in [1.54, 1.807) is 13.8 Å². The van der Waals surface area contributed by atoms with Crippen molar-refractivity contribution in [3.8, 4) is 0 Å². The number of hydrogen-bond acceptors (Lipinski definition) is 3. The second kappa shape index (κ2) is 5.04. The molecule has 4 heteroatoms. The molecule has 0 aliphatic heterocycles. The quantitative estimate of drug-likeness (QED) is 0.902. The van der Waals surface area contributed by atoms with E-state index in [0.29, 0.717) is 17.0 Å². The van der Waals surface area contributed by atoms with Crippen molar-refractivity contribution in [3.63, 3.8) is 0 Å². The van der Waals surface area contributed by atoms with Crippen LogP contribution in [0.3, 0.4) is 0 Å². The van der Waals surface area contributed by atoms with E-state index in [-0.39, 0.29) is 5.91 Å². The lowest BCUT2D eigenvalue weighted by Crippen LogP contribution is -2.14. The summed E-state index contributed by atoms with van der Waals surface area (Å²) >= 11 is 0. The van der Waals surface area contributed by atoms with Crippen LogP contribution in [0.2, 0.25) is 0 Å². The molecule has 1 aromatic heterocycles. The molecule has 0 spiro atoms. The van der Waals surface area contributed by atoms with Crippen LogP contribution in [0.5, 0.6) is 0 Å². The molecule has 0 radical (unpaired) electrons. The van der Waals surface area contributed by atoms with E-state index < -0.39 is 0 Å². The minimum Gasteiger partial charge on any atom is -0.361 e. The Labute approximate surface area is 106 Å². The van der Waals surface area contributed by atoms with Gasteiger partial charge in [-0.3, -0.25) is 4.79 Å². The number of carbonyl (C=O) groups excluding carboxylic acids is 1. The smallest absolute Gasteiger partial charge is 0.261 e. The summed E-state index contributed by atoms with van der Waals surface area (Å²) in [5.41, 5.74) is 3.07. The summed E-state index contributed by atoms with van der Waals surface area (Å²) in [6.07, 6.45) is 0.873. The fourth-order valence-electron chi connectivity index (χ4n) is 1.94. The number of aryl methyl sites for hydroxylation is 3. The number of carbonyl (C=O) groups is 1. The SMILES string of the molecule is CCc1ccccc1NC(=O)c1c(C)noc1C. The third-order valence-corrected chi connectivity index (χ3v) is 2.91. The number of anilines is 1. The topological polar surface area (TPSA) is 55.1 Å². The fourth-order valence-corrected chi connectivity index (χ4v) is 1.94. The monoisotopic (exact) mass is 244 g/mol. The molecule has 2 aromatic rings. The van der Waals surface area contributed by atoms with Crippen LogP contribution in [0.15, 0.2) is 28.8 Å². The molecule has 18 heavy (non-hydrogen) atoms. The normalized spacial score (nSPS) is 10.4. The molecule has 94 valence electrons. The van der Waals surface area contributed by atoms with E-state index in [1.807, 2.05) is 24.3 Å². The van der Waals surface area contributed by atoms with Gasteiger partial charge in [0.1, 0.15) is 11.3 Å². The molecule has 0 atom stereocenters. The number of amides is 1. The van der Waals surface area contributed by atoms with Gasteiger partial charge in [0.2, 0.25) is 0 Å². The molecule has 1 N–H and O–H groups in total. The van der Waals surface area contributed by atoms with Gasteiger partial charge in [0.05, 0.1) is 5.69 Å². The van der Waals surface area contributed by atoms with Gasteiger partial charge >= 0.3 is 0 Å². The highest BCUT2D eigenvalue weighted by Crippen LogP contribution is 2.19. The highest BCUT2D eigenvalue weighted by Gasteiger charge is 2.18. The first-order valence-corrected chi connectivity index (χ1v) is 5.95. The summed E-state index contributed by atoms with van der Waals surface area (Å²) in [6.45, 7) is 5.55. The molecule has 0 saturated heterocycles. The van der Waals surface area contributed by atoms with Crippen LogP contribution in [0.1, 0.15) is 34.3 Å². The Bertz CT molecular complexity index is 553. The maximum Gasteiger partial charge on any atom is 0.261 e. The lowest BCUT2D eigenvalue weighted by molar-refractivity contribution is 0.102. The molecule has 1 aromatic carbocycles. The summed E-state index contributed by atoms with van der Waals surface area (Å²) in [7, 11) is 0. The average Bonchev–Trinajstić information content (AvgIpc) is 2.69. The Balaban J connectivity index is 2.27. The summed E-state index contributed by atoms with van der Waals surface area (Å²) in [5, 5.41) is 6.69. The highest BCUT2D eigenvalue weighted by atomic mass is 16.5. The molecule has 1 heterocycles. The van der Waals surface area contributed by atoms with E-state index in [9.17, 15) is 4.79 Å². The van der Waals surface area contributed by atoms with Crippen LogP contribution in [0.25, 0.3) is 0 Å². The van der Waals surface area contributed by atoms with Crippen molar-refractivity contribution in [1.29, 1.82) is 0 Å². The Kier molecular flexibility index (Phi) is 3.46. The highest BCUT2D eigenvalue weighted by molar-refractivity contribution is 6.06. The zero-order valence-corrected chi connectivity index (χ0v) is 10.8. The fraction of sp³-hybridized carbons (Fsp3) is 0.286. The van der Waals surface area contributed by atoms with Crippen molar-refractivity contribution in [2.45, 2.75) is 27.2 Å². The Morgan fingerprint density at radius 3 is 2.67 bits per heavy atom. The first-order chi connectivity index (χ1) is 8.63. The molecular formula is C14H16N2O2. The minimum absolute atomic E-state index is 0.174. The van der Waals surface area contributed by atoms with Crippen LogP contribution in [-0.4, -0.2) is 11.1 Å². The predicted molar refractivity (Wildman–Crippen MR) is 69.8 cm³/mol. The van der Waals surface area contributed by atoms with Crippen LogP contribution in [0.4, 0.5) is 5.69 Å². The predicted octanol–water partition coefficient (Wildman–Crippen LogP) is 3.11. The zero-order valence-electron chi connectivity index (χ0n) is 10.8. The Morgan fingerprint density at radius 1 is 1.33 bits per heavy atom. The molecule has 1 amide bonds. The molecule has 0 unspecified atom stereocenters. The number of rotatable bonds is 3. The number of nitrogens with one attached hydrogen (secondary N) is 1. The molecule has 2 rings (SSSR count). The Hall–Kier alpha value is -2.10. The van der Waals surface area contributed by atoms with Gasteiger partial charge in [0.25, 0.3) is 5.91 Å². The van der Waals surface area contributed by atoms with Crippen molar-refractivity contribution >= 4 is 11.6 Å². The van der Waals surface area contributed by atoms with E-state index in [2.05, 4.69) is 17.4 Å². The van der Waals surface area contributed by atoms with Gasteiger partial charge in [0.15, 0.2) is 0 Å². The molecule has 4 nitrogen and oxygen atoms in total. The molecule has 0 bridgehead atoms. The summed E-state index contributed by atoms with van der Waals surface area (Å²) in [4.78, 5) is 12.2. The number of benzene rings is 1. The van der Waals surface area contributed by atoms with Crippen molar-refractivity contribution in [1.82, 2.24) is 5.16 Å². The maximum absolute atomic E-state index is 12.2. The van der Waals surface area contributed by atoms with Crippen molar-refractivity contribution in [2.75, 3.05) is 5.32 Å². The lowest BCUT2D eigenvalue weighted by Gasteiger charge is -2.09. The first kappa shape index (κ1) is 12.4. The van der Waals surface area contributed by atoms with Crippen LogP contribution in [-0.2, 0) is 6.42 Å². The van der Waals surface area contributed by atoms with E-state index >= 15 is 0 Å². The van der Waals surface area contributed by atoms with Crippen LogP contribution >= 0.6 is 0 Å². The molecule has 0 aliphatic rings. The molecule has 0 saturated carbocycles. The first-order valence-electron chi connectivity index (χ1n) is 5.95. The second-order valence-electron chi connectivity index (χ2n) is 4.16. The summed E-state index contributed by atoms with van der Waals surface area (Å²) in [6, 6.07) is 7.77. The van der Waals surface area contributed by atoms with Crippen LogP contribution < -0.4 is 5.32 Å². The van der Waals surface area contributed by atoms with Gasteiger partial charge < -0.3 is 9.84 Å². The summed E-state index contributed by atoms with van der Waals surface area (Å²) < 4.78 is 5.00. The number of para-hydroxylation sites is 1. The van der Waals surface area contributed by atoms with Gasteiger partial charge in [-0.15, -0.1) is 0 Å². The van der Waals surface area contributed by atoms with Crippen molar-refractivity contribution in [2.24, 2.45) is 0 Å². The third-order valence-electron chi connectivity index (χ3n) is 2.91. The minimum atomic E-state index is -0.174. The standard InChI is InChI=1S/C14H16N2O2/c1-4-11-7-5-6-8-12(11)15-14(17)13-9(2)16-18-10(13)3/h5-8H,4H2,1-3H3,(H,15,17). The second-order valence-corrected chi connectivity index (χ2v) is 4.16. The van der Waals surface area contributed by atoms with Gasteiger partial charge in [-0.2, -0.15) is 0 Å². The third kappa shape index (κ3) is 2.27. The van der Waals surface area contributed by atoms with Crippen LogP contribution in [0, 0.1) is 13.8 Å². The molecule has 0 fully saturated rings. The Morgan fingerprint density at radius 2 is 2.06 bits per heavy atom. The van der Waals surface area contributed by atoms with Gasteiger partial charge in [-0.05, 0) is 31.9 Å². The molecular weight excluding hydrogens is 228 g/mol. The van der Waals surface area contributed by atoms with Gasteiger partial charge in [-0.25, -0.2) is 0 Å². The molecule has 0 aliphatic carbocycles. The van der Waals surface area contributed by atoms with E-state index in [4.69, 9.17) is 4.52 Å². The van der Waals surface area contributed by atoms with Crippen molar-refractivity contribution in [3.05, 3.63) is 46.8 Å². The average molecular weight is 244 g/mol. The van der Waals surface area contributed by atoms with Gasteiger partial charge in [0, 0.05) is 5.69 Å². The van der Waals surface area contributed by atoms with Gasteiger partial charge in [-0.1, -0.05) is 30.3 Å². The lowest BCUT2D eigenvalue weighted by atomic mass is 10.1. The number of aromatic nitrogens is 1. The zero-order chi connectivity index (χ0) is 13.1. The van der Waals surface area contributed by atoms with Crippen molar-refractivity contribution < 1.29 is 9.32 Å². The van der Waals surface area contributed by atoms with E-state index in [1.165, 1.54) is 0 Å². The largest absolute Gasteiger partial charge is 0.361 e.